The van der Waals surface area contributed by atoms with Gasteiger partial charge in [-0.05, 0) is 52.2 Å². The number of carbonyl (C=O) groups excluding carboxylic acids is 1. The molecule has 0 radical (unpaired) electrons. The fraction of sp³-hybridized carbons (Fsp3) is 0.150. The number of carbonyl (C=O) groups is 1. The Bertz CT molecular complexity index is 926. The largest absolute Gasteiger partial charge is 0.346 e. The lowest BCUT2D eigenvalue weighted by Crippen LogP contribution is -2.19. The Balaban J connectivity index is 1.41. The lowest BCUT2D eigenvalue weighted by molar-refractivity contribution is -0.116. The molecule has 4 rings (SSSR count). The fourth-order valence-corrected chi connectivity index (χ4v) is 3.71. The molecule has 27 heavy (non-hydrogen) atoms. The van der Waals surface area contributed by atoms with Gasteiger partial charge in [0.05, 0.1) is 19.0 Å². The van der Waals surface area contributed by atoms with Gasteiger partial charge in [-0.25, -0.2) is 9.67 Å². The van der Waals surface area contributed by atoms with Crippen LogP contribution in [0.5, 0.6) is 0 Å². The first-order valence-corrected chi connectivity index (χ1v) is 9.58. The third-order valence-corrected chi connectivity index (χ3v) is 5.04. The minimum absolute atomic E-state index is 0.00200. The highest BCUT2D eigenvalue weighted by Crippen LogP contribution is 2.25. The number of hydrogen-bond acceptors (Lipinski definition) is 4. The topological polar surface area (TPSA) is 64.7 Å². The fourth-order valence-electron chi connectivity index (χ4n) is 3.00. The van der Waals surface area contributed by atoms with Gasteiger partial charge in [-0.15, -0.1) is 0 Å². The van der Waals surface area contributed by atoms with E-state index in [2.05, 4.69) is 31.4 Å². The zero-order valence-electron chi connectivity index (χ0n) is 14.6. The molecule has 3 aromatic heterocycles. The van der Waals surface area contributed by atoms with E-state index in [1.165, 1.54) is 6.33 Å². The van der Waals surface area contributed by atoms with Gasteiger partial charge in [0.2, 0.25) is 5.91 Å². The minimum Gasteiger partial charge on any atom is -0.346 e. The maximum absolute atomic E-state index is 12.6. The highest BCUT2D eigenvalue weighted by Gasteiger charge is 2.17. The number of nitrogens with zero attached hydrogens (tertiary/aromatic N) is 4. The van der Waals surface area contributed by atoms with Gasteiger partial charge < -0.3 is 9.88 Å². The molecule has 0 aliphatic carbocycles. The van der Waals surface area contributed by atoms with Crippen molar-refractivity contribution in [3.63, 3.8) is 0 Å². The summed E-state index contributed by atoms with van der Waals surface area (Å²) in [5, 5.41) is 11.2. The van der Waals surface area contributed by atoms with Gasteiger partial charge >= 0.3 is 0 Å². The van der Waals surface area contributed by atoms with Crippen molar-refractivity contribution in [2.75, 3.05) is 5.32 Å². The van der Waals surface area contributed by atoms with Crippen LogP contribution in [0.3, 0.4) is 0 Å². The standard InChI is InChI=1S/C20H19N5OS/c26-20(11-19(17-7-10-27-13-17)24-8-1-2-9-24)23-18-5-3-16(4-6-18)12-25-15-21-14-22-25/h1-10,13-15,19H,11-12H2,(H,23,26)/t19-/m1/s1. The second-order valence-electron chi connectivity index (χ2n) is 6.25. The zero-order valence-corrected chi connectivity index (χ0v) is 15.4. The Morgan fingerprint density at radius 1 is 1.15 bits per heavy atom. The van der Waals surface area contributed by atoms with E-state index in [-0.39, 0.29) is 11.9 Å². The summed E-state index contributed by atoms with van der Waals surface area (Å²) in [5.74, 6) is -0.0103. The molecule has 6 nitrogen and oxygen atoms in total. The van der Waals surface area contributed by atoms with Gasteiger partial charge in [0.25, 0.3) is 0 Å². The third-order valence-electron chi connectivity index (χ3n) is 4.34. The normalized spacial score (nSPS) is 12.0. The van der Waals surface area contributed by atoms with E-state index in [0.29, 0.717) is 13.0 Å². The Morgan fingerprint density at radius 3 is 2.63 bits per heavy atom. The van der Waals surface area contributed by atoms with Gasteiger partial charge in [-0.2, -0.15) is 16.4 Å². The molecule has 0 saturated carbocycles. The maximum atomic E-state index is 12.6. The summed E-state index contributed by atoms with van der Waals surface area (Å²) in [6.45, 7) is 0.655. The number of amides is 1. The average molecular weight is 377 g/mol. The Morgan fingerprint density at radius 2 is 1.96 bits per heavy atom. The van der Waals surface area contributed by atoms with Crippen LogP contribution in [0.1, 0.15) is 23.6 Å². The maximum Gasteiger partial charge on any atom is 0.226 e. The molecule has 0 bridgehead atoms. The van der Waals surface area contributed by atoms with Gasteiger partial charge in [0.15, 0.2) is 0 Å². The van der Waals surface area contributed by atoms with E-state index >= 15 is 0 Å². The second kappa shape index (κ2) is 8.01. The van der Waals surface area contributed by atoms with Crippen LogP contribution in [0.25, 0.3) is 0 Å². The van der Waals surface area contributed by atoms with Crippen molar-refractivity contribution in [3.8, 4) is 0 Å². The molecule has 0 fully saturated rings. The van der Waals surface area contributed by atoms with Crippen molar-refractivity contribution < 1.29 is 4.79 Å². The molecule has 0 aliphatic heterocycles. The molecule has 0 saturated heterocycles. The predicted octanol–water partition coefficient (Wildman–Crippen LogP) is 3.81. The summed E-state index contributed by atoms with van der Waals surface area (Å²) in [5.41, 5.74) is 3.04. The van der Waals surface area contributed by atoms with Crippen LogP contribution in [0.4, 0.5) is 5.69 Å². The quantitative estimate of drug-likeness (QED) is 0.533. The lowest BCUT2D eigenvalue weighted by Gasteiger charge is -2.18. The summed E-state index contributed by atoms with van der Waals surface area (Å²) in [6, 6.07) is 13.8. The first-order valence-electron chi connectivity index (χ1n) is 8.64. The third kappa shape index (κ3) is 4.32. The first kappa shape index (κ1) is 17.2. The van der Waals surface area contributed by atoms with E-state index < -0.39 is 0 Å². The van der Waals surface area contributed by atoms with E-state index in [4.69, 9.17) is 0 Å². The molecule has 1 atom stereocenters. The van der Waals surface area contributed by atoms with Crippen molar-refractivity contribution in [1.29, 1.82) is 0 Å². The SMILES string of the molecule is O=C(C[C@H](c1ccsc1)n1cccc1)Nc1ccc(Cn2cncn2)cc1. The smallest absolute Gasteiger partial charge is 0.226 e. The van der Waals surface area contributed by atoms with Crippen LogP contribution in [0.2, 0.25) is 0 Å². The number of aromatic nitrogens is 4. The Kier molecular flexibility index (Phi) is 5.11. The molecule has 3 heterocycles. The molecule has 7 heteroatoms. The van der Waals surface area contributed by atoms with Crippen molar-refractivity contribution in [2.24, 2.45) is 0 Å². The summed E-state index contributed by atoms with van der Waals surface area (Å²) in [7, 11) is 0. The van der Waals surface area contributed by atoms with Crippen molar-refractivity contribution >= 4 is 22.9 Å². The van der Waals surface area contributed by atoms with Crippen LogP contribution in [0.15, 0.2) is 78.3 Å². The van der Waals surface area contributed by atoms with E-state index in [0.717, 1.165) is 16.8 Å². The first-order chi connectivity index (χ1) is 13.3. The summed E-state index contributed by atoms with van der Waals surface area (Å²) < 4.78 is 3.83. The molecule has 4 aromatic rings. The van der Waals surface area contributed by atoms with Crippen LogP contribution in [-0.2, 0) is 11.3 Å². The van der Waals surface area contributed by atoms with Crippen molar-refractivity contribution in [3.05, 3.63) is 89.4 Å². The number of anilines is 1. The molecule has 1 amide bonds. The van der Waals surface area contributed by atoms with E-state index in [9.17, 15) is 4.79 Å². The number of rotatable bonds is 7. The highest BCUT2D eigenvalue weighted by molar-refractivity contribution is 7.08. The van der Waals surface area contributed by atoms with E-state index in [1.807, 2.05) is 54.2 Å². The molecular formula is C20H19N5OS. The number of hydrogen-bond donors (Lipinski definition) is 1. The average Bonchev–Trinajstić information content (AvgIpc) is 3.44. The number of benzene rings is 1. The van der Waals surface area contributed by atoms with Crippen LogP contribution < -0.4 is 5.32 Å². The molecule has 1 N–H and O–H groups in total. The van der Waals surface area contributed by atoms with Crippen LogP contribution >= 0.6 is 11.3 Å². The molecule has 136 valence electrons. The van der Waals surface area contributed by atoms with Crippen LogP contribution in [-0.4, -0.2) is 25.2 Å². The number of thiophene rings is 1. The predicted molar refractivity (Wildman–Crippen MR) is 106 cm³/mol. The minimum atomic E-state index is -0.0103. The number of nitrogens with one attached hydrogen (secondary N) is 1. The summed E-state index contributed by atoms with van der Waals surface area (Å²) >= 11 is 1.64. The van der Waals surface area contributed by atoms with E-state index in [1.54, 1.807) is 22.3 Å². The lowest BCUT2D eigenvalue weighted by atomic mass is 10.1. The summed E-state index contributed by atoms with van der Waals surface area (Å²) in [6.07, 6.45) is 7.57. The zero-order chi connectivity index (χ0) is 18.5. The van der Waals surface area contributed by atoms with Gasteiger partial charge in [-0.1, -0.05) is 12.1 Å². The monoisotopic (exact) mass is 377 g/mol. The molecular weight excluding hydrogens is 358 g/mol. The van der Waals surface area contributed by atoms with Crippen LogP contribution in [0, 0.1) is 0 Å². The molecule has 1 aromatic carbocycles. The van der Waals surface area contributed by atoms with Gasteiger partial charge in [-0.3, -0.25) is 4.79 Å². The molecule has 0 spiro atoms. The highest BCUT2D eigenvalue weighted by atomic mass is 32.1. The van der Waals surface area contributed by atoms with Crippen molar-refractivity contribution in [1.82, 2.24) is 19.3 Å². The van der Waals surface area contributed by atoms with Gasteiger partial charge in [0.1, 0.15) is 12.7 Å². The molecule has 0 aliphatic rings. The second-order valence-corrected chi connectivity index (χ2v) is 7.03. The Labute approximate surface area is 161 Å². The Hall–Kier alpha value is -3.19. The summed E-state index contributed by atoms with van der Waals surface area (Å²) in [4.78, 5) is 16.5. The van der Waals surface area contributed by atoms with Crippen molar-refractivity contribution in [2.45, 2.75) is 19.0 Å². The molecule has 0 unspecified atom stereocenters. The van der Waals surface area contributed by atoms with Gasteiger partial charge in [0, 0.05) is 18.1 Å².